The predicted octanol–water partition coefficient (Wildman–Crippen LogP) is 1.49. The van der Waals surface area contributed by atoms with Gasteiger partial charge in [0.15, 0.2) is 0 Å². The number of carbonyl (C=O) groups is 1. The van der Waals surface area contributed by atoms with E-state index in [1.807, 2.05) is 6.92 Å². The zero-order valence-corrected chi connectivity index (χ0v) is 11.1. The summed E-state index contributed by atoms with van der Waals surface area (Å²) in [6.07, 6.45) is 4.68. The first kappa shape index (κ1) is 14.0. The van der Waals surface area contributed by atoms with E-state index in [0.717, 1.165) is 17.6 Å². The van der Waals surface area contributed by atoms with Crippen LogP contribution in [0.1, 0.15) is 26.2 Å². The predicted molar refractivity (Wildman–Crippen MR) is 71.3 cm³/mol. The summed E-state index contributed by atoms with van der Waals surface area (Å²) >= 11 is 0. The molecule has 2 rings (SSSR count). The molecule has 4 nitrogen and oxygen atoms in total. The van der Waals surface area contributed by atoms with E-state index >= 15 is 0 Å². The molecule has 1 heterocycles. The zero-order valence-electron chi connectivity index (χ0n) is 11.1. The van der Waals surface area contributed by atoms with Crippen LogP contribution in [-0.2, 0) is 9.53 Å². The van der Waals surface area contributed by atoms with Crippen molar-refractivity contribution in [3.63, 3.8) is 0 Å². The van der Waals surface area contributed by atoms with Gasteiger partial charge in [0.25, 0.3) is 0 Å². The number of fused-ring (bicyclic) bond motifs is 1. The van der Waals surface area contributed by atoms with Crippen molar-refractivity contribution in [3.05, 3.63) is 35.5 Å². The summed E-state index contributed by atoms with van der Waals surface area (Å²) in [5.41, 5.74) is 2.23. The Morgan fingerprint density at radius 3 is 2.95 bits per heavy atom. The minimum atomic E-state index is -0.836. The van der Waals surface area contributed by atoms with Crippen LogP contribution in [0.25, 0.3) is 0 Å². The normalized spacial score (nSPS) is 37.7. The summed E-state index contributed by atoms with van der Waals surface area (Å²) < 4.78 is 5.29. The molecule has 0 amide bonds. The minimum absolute atomic E-state index is 0.0807. The molecule has 0 aromatic heterocycles. The number of esters is 1. The van der Waals surface area contributed by atoms with Crippen LogP contribution in [0.15, 0.2) is 35.5 Å². The lowest BCUT2D eigenvalue weighted by molar-refractivity contribution is -0.139. The minimum Gasteiger partial charge on any atom is -0.458 e. The topological polar surface area (TPSA) is 66.8 Å². The molecule has 104 valence electrons. The van der Waals surface area contributed by atoms with Gasteiger partial charge in [0.05, 0.1) is 18.6 Å². The first-order valence-electron chi connectivity index (χ1n) is 6.57. The molecule has 0 aromatic rings. The molecule has 0 saturated carbocycles. The lowest BCUT2D eigenvalue weighted by Gasteiger charge is -2.23. The summed E-state index contributed by atoms with van der Waals surface area (Å²) in [4.78, 5) is 11.6. The van der Waals surface area contributed by atoms with E-state index in [0.29, 0.717) is 18.4 Å². The number of allylic oxidation sites excluding steroid dienone is 1. The first-order valence-corrected chi connectivity index (χ1v) is 6.57. The first-order chi connectivity index (χ1) is 9.02. The molecule has 1 saturated heterocycles. The maximum Gasteiger partial charge on any atom is 0.334 e. The number of aliphatic hydroxyl groups excluding tert-OH is 2. The van der Waals surface area contributed by atoms with E-state index in [4.69, 9.17) is 4.74 Å². The highest BCUT2D eigenvalue weighted by molar-refractivity contribution is 5.91. The Hall–Kier alpha value is -1.39. The van der Waals surface area contributed by atoms with Gasteiger partial charge in [0.2, 0.25) is 0 Å². The number of rotatable bonds is 1. The van der Waals surface area contributed by atoms with E-state index in [2.05, 4.69) is 12.7 Å². The maximum atomic E-state index is 11.6. The highest BCUT2D eigenvalue weighted by Crippen LogP contribution is 2.34. The van der Waals surface area contributed by atoms with E-state index < -0.39 is 18.0 Å². The fourth-order valence-electron chi connectivity index (χ4n) is 2.71. The van der Waals surface area contributed by atoms with Gasteiger partial charge in [0.1, 0.15) is 6.10 Å². The highest BCUT2D eigenvalue weighted by Gasteiger charge is 2.42. The fraction of sp³-hybridized carbons (Fsp3) is 0.533. The third-order valence-electron chi connectivity index (χ3n) is 3.78. The van der Waals surface area contributed by atoms with E-state index in [1.54, 1.807) is 6.08 Å². The lowest BCUT2D eigenvalue weighted by Crippen LogP contribution is -2.29. The van der Waals surface area contributed by atoms with Crippen LogP contribution in [0.3, 0.4) is 0 Å². The average Bonchev–Trinajstić information content (AvgIpc) is 2.63. The monoisotopic (exact) mass is 264 g/mol. The van der Waals surface area contributed by atoms with Gasteiger partial charge in [-0.15, -0.1) is 0 Å². The van der Waals surface area contributed by atoms with Crippen molar-refractivity contribution in [1.82, 2.24) is 0 Å². The van der Waals surface area contributed by atoms with Gasteiger partial charge in [-0.1, -0.05) is 24.3 Å². The third kappa shape index (κ3) is 2.96. The van der Waals surface area contributed by atoms with Crippen molar-refractivity contribution in [2.45, 2.75) is 38.4 Å². The number of carbonyl (C=O) groups excluding carboxylic acids is 1. The molecule has 2 aliphatic rings. The Balaban J connectivity index is 2.33. The Morgan fingerprint density at radius 2 is 2.26 bits per heavy atom. The molecule has 0 spiro atoms. The maximum absolute atomic E-state index is 11.6. The molecular weight excluding hydrogens is 244 g/mol. The Labute approximate surface area is 113 Å². The quantitative estimate of drug-likeness (QED) is 0.428. The zero-order chi connectivity index (χ0) is 14.0. The largest absolute Gasteiger partial charge is 0.458 e. The SMILES string of the molecule is C=C1C(=O)O[C@@H]2C/C(C)=C/CC/C(CO)=C/[C@H](O)[C@H]12. The van der Waals surface area contributed by atoms with Gasteiger partial charge in [-0.25, -0.2) is 4.79 Å². The van der Waals surface area contributed by atoms with E-state index in [-0.39, 0.29) is 12.7 Å². The highest BCUT2D eigenvalue weighted by atomic mass is 16.6. The number of hydrogen-bond acceptors (Lipinski definition) is 4. The summed E-state index contributed by atoms with van der Waals surface area (Å²) in [6.45, 7) is 5.63. The molecule has 0 radical (unpaired) electrons. The van der Waals surface area contributed by atoms with Crippen LogP contribution in [0.2, 0.25) is 0 Å². The molecular formula is C15H20O4. The molecule has 0 aromatic carbocycles. The summed E-state index contributed by atoms with van der Waals surface area (Å²) in [6, 6.07) is 0. The van der Waals surface area contributed by atoms with Crippen LogP contribution >= 0.6 is 0 Å². The van der Waals surface area contributed by atoms with Gasteiger partial charge in [0, 0.05) is 12.0 Å². The summed E-state index contributed by atoms with van der Waals surface area (Å²) in [5.74, 6) is -0.851. The number of ether oxygens (including phenoxy) is 1. The van der Waals surface area contributed by atoms with Crippen molar-refractivity contribution in [3.8, 4) is 0 Å². The molecule has 0 bridgehead atoms. The van der Waals surface area contributed by atoms with Gasteiger partial charge < -0.3 is 14.9 Å². The van der Waals surface area contributed by atoms with Gasteiger partial charge in [-0.2, -0.15) is 0 Å². The molecule has 0 unspecified atom stereocenters. The van der Waals surface area contributed by atoms with E-state index in [1.165, 1.54) is 0 Å². The van der Waals surface area contributed by atoms with Gasteiger partial charge >= 0.3 is 5.97 Å². The number of aliphatic hydroxyl groups is 2. The second-order valence-corrected chi connectivity index (χ2v) is 5.26. The molecule has 1 fully saturated rings. The molecule has 4 heteroatoms. The molecule has 2 N–H and O–H groups in total. The van der Waals surface area contributed by atoms with Crippen molar-refractivity contribution >= 4 is 5.97 Å². The number of hydrogen-bond donors (Lipinski definition) is 2. The molecule has 19 heavy (non-hydrogen) atoms. The van der Waals surface area contributed by atoms with Crippen LogP contribution in [-0.4, -0.2) is 35.0 Å². The second kappa shape index (κ2) is 5.72. The third-order valence-corrected chi connectivity index (χ3v) is 3.78. The average molecular weight is 264 g/mol. The van der Waals surface area contributed by atoms with E-state index in [9.17, 15) is 15.0 Å². The van der Waals surface area contributed by atoms with Crippen LogP contribution < -0.4 is 0 Å². The van der Waals surface area contributed by atoms with Crippen LogP contribution in [0.5, 0.6) is 0 Å². The van der Waals surface area contributed by atoms with Crippen LogP contribution in [0.4, 0.5) is 0 Å². The lowest BCUT2D eigenvalue weighted by atomic mass is 9.86. The molecule has 1 aliphatic heterocycles. The van der Waals surface area contributed by atoms with Crippen molar-refractivity contribution < 1.29 is 19.7 Å². The summed E-state index contributed by atoms with van der Waals surface area (Å²) in [7, 11) is 0. The van der Waals surface area contributed by atoms with Crippen molar-refractivity contribution in [2.24, 2.45) is 5.92 Å². The smallest absolute Gasteiger partial charge is 0.334 e. The Bertz CT molecular complexity index is 447. The second-order valence-electron chi connectivity index (χ2n) is 5.26. The fourth-order valence-corrected chi connectivity index (χ4v) is 2.71. The van der Waals surface area contributed by atoms with Gasteiger partial charge in [-0.3, -0.25) is 0 Å². The Morgan fingerprint density at radius 1 is 1.53 bits per heavy atom. The molecule has 3 atom stereocenters. The molecule has 1 aliphatic carbocycles. The van der Waals surface area contributed by atoms with Crippen molar-refractivity contribution in [2.75, 3.05) is 6.61 Å². The van der Waals surface area contributed by atoms with Gasteiger partial charge in [-0.05, 0) is 25.3 Å². The van der Waals surface area contributed by atoms with Crippen molar-refractivity contribution in [1.29, 1.82) is 0 Å². The summed E-state index contributed by atoms with van der Waals surface area (Å²) in [5, 5.41) is 19.6. The Kier molecular flexibility index (Phi) is 4.22. The standard InChI is InChI=1S/C15H20O4/c1-9-4-3-5-11(8-16)7-12(17)14-10(2)15(18)19-13(14)6-9/h4,7,12-14,16-17H,2-3,5-6,8H2,1H3/b9-4+,11-7-/t12-,13+,14-/m0/s1. The van der Waals surface area contributed by atoms with Crippen LogP contribution in [0, 0.1) is 5.92 Å².